The van der Waals surface area contributed by atoms with Crippen LogP contribution in [0.1, 0.15) is 29.2 Å². The van der Waals surface area contributed by atoms with Crippen molar-refractivity contribution < 1.29 is 14.3 Å². The molecule has 0 saturated carbocycles. The zero-order valence-corrected chi connectivity index (χ0v) is 21.6. The van der Waals surface area contributed by atoms with Gasteiger partial charge in [0.05, 0.1) is 17.7 Å². The van der Waals surface area contributed by atoms with Crippen LogP contribution in [-0.2, 0) is 17.8 Å². The number of carbonyl (C=O) groups excluding carboxylic acids is 1. The van der Waals surface area contributed by atoms with Crippen LogP contribution in [0.4, 0.5) is 5.69 Å². The highest BCUT2D eigenvalue weighted by Gasteiger charge is 2.24. The Labute approximate surface area is 212 Å². The summed E-state index contributed by atoms with van der Waals surface area (Å²) in [7, 11) is 1.60. The molecule has 5 nitrogen and oxygen atoms in total. The van der Waals surface area contributed by atoms with Crippen LogP contribution in [0.25, 0.3) is 6.08 Å². The van der Waals surface area contributed by atoms with Crippen molar-refractivity contribution in [2.45, 2.75) is 26.9 Å². The molecule has 1 aliphatic rings. The highest BCUT2D eigenvalue weighted by atomic mass is 79.9. The molecule has 174 valence electrons. The molecule has 0 spiro atoms. The van der Waals surface area contributed by atoms with Crippen molar-refractivity contribution in [3.8, 4) is 11.5 Å². The van der Waals surface area contributed by atoms with E-state index in [1.165, 1.54) is 22.9 Å². The maximum Gasteiger partial charge on any atom is 0.264 e. The number of carbonyl (C=O) groups is 1. The Hall–Kier alpha value is -3.03. The largest absolute Gasteiger partial charge is 0.493 e. The van der Waals surface area contributed by atoms with E-state index < -0.39 is 0 Å². The van der Waals surface area contributed by atoms with Crippen molar-refractivity contribution in [1.29, 1.82) is 0 Å². The summed E-state index contributed by atoms with van der Waals surface area (Å²) in [5.41, 5.74) is 5.13. The molecular formula is C27H25BrN2O3S. The van der Waals surface area contributed by atoms with Gasteiger partial charge >= 0.3 is 0 Å². The molecule has 0 atom stereocenters. The molecule has 0 unspecified atom stereocenters. The number of aryl methyl sites for hydroxylation is 2. The van der Waals surface area contributed by atoms with Gasteiger partial charge < -0.3 is 14.8 Å². The standard InChI is InChI=1S/C27H25BrN2O3S/c1-4-18-8-10-21(11-9-18)29-27-30-26(31)25(34-27)14-20-13-23(32-3)24(15-22(20)28)33-16-19-7-5-6-17(2)12-19/h5-15H,4,16H2,1-3H3,(H,29,30,31)/b25-14-. The van der Waals surface area contributed by atoms with Gasteiger partial charge in [0.15, 0.2) is 16.7 Å². The molecular weight excluding hydrogens is 512 g/mol. The molecule has 1 amide bonds. The van der Waals surface area contributed by atoms with E-state index in [2.05, 4.69) is 52.2 Å². The van der Waals surface area contributed by atoms with Crippen LogP contribution in [0.3, 0.4) is 0 Å². The molecule has 1 N–H and O–H groups in total. The molecule has 3 aromatic carbocycles. The Morgan fingerprint density at radius 2 is 1.85 bits per heavy atom. The maximum absolute atomic E-state index is 12.5. The predicted molar refractivity (Wildman–Crippen MR) is 143 cm³/mol. The van der Waals surface area contributed by atoms with Crippen LogP contribution < -0.4 is 14.8 Å². The second-order valence-corrected chi connectivity index (χ2v) is 9.69. The number of amidine groups is 1. The number of methoxy groups -OCH3 is 1. The third-order valence-corrected chi connectivity index (χ3v) is 6.87. The summed E-state index contributed by atoms with van der Waals surface area (Å²) in [5, 5.41) is 3.40. The van der Waals surface area contributed by atoms with Gasteiger partial charge in [-0.2, -0.15) is 0 Å². The third kappa shape index (κ3) is 5.90. The smallest absolute Gasteiger partial charge is 0.264 e. The van der Waals surface area contributed by atoms with Crippen LogP contribution in [-0.4, -0.2) is 18.2 Å². The van der Waals surface area contributed by atoms with E-state index in [0.29, 0.717) is 28.2 Å². The molecule has 1 fully saturated rings. The minimum Gasteiger partial charge on any atom is -0.493 e. The van der Waals surface area contributed by atoms with Crippen molar-refractivity contribution >= 4 is 50.5 Å². The number of aliphatic imine (C=N–C) groups is 1. The Morgan fingerprint density at radius 1 is 1.06 bits per heavy atom. The summed E-state index contributed by atoms with van der Waals surface area (Å²) in [6, 6.07) is 19.9. The lowest BCUT2D eigenvalue weighted by molar-refractivity contribution is -0.115. The van der Waals surface area contributed by atoms with Crippen LogP contribution in [0.5, 0.6) is 11.5 Å². The summed E-state index contributed by atoms with van der Waals surface area (Å²) < 4.78 is 12.4. The molecule has 0 radical (unpaired) electrons. The highest BCUT2D eigenvalue weighted by molar-refractivity contribution is 9.10. The van der Waals surface area contributed by atoms with Crippen LogP contribution in [0.15, 0.2) is 75.0 Å². The molecule has 0 bridgehead atoms. The van der Waals surface area contributed by atoms with Gasteiger partial charge in [-0.25, -0.2) is 4.99 Å². The quantitative estimate of drug-likeness (QED) is 0.337. The average Bonchev–Trinajstić information content (AvgIpc) is 3.18. The Morgan fingerprint density at radius 3 is 2.56 bits per heavy atom. The number of halogens is 1. The Balaban J connectivity index is 1.52. The van der Waals surface area contributed by atoms with Crippen molar-refractivity contribution in [2.24, 2.45) is 4.99 Å². The molecule has 4 rings (SSSR count). The number of nitrogens with zero attached hydrogens (tertiary/aromatic N) is 1. The first kappa shape index (κ1) is 24.1. The molecule has 1 aliphatic heterocycles. The van der Waals surface area contributed by atoms with E-state index in [1.54, 1.807) is 7.11 Å². The van der Waals surface area contributed by atoms with E-state index in [9.17, 15) is 4.79 Å². The van der Waals surface area contributed by atoms with Crippen molar-refractivity contribution in [2.75, 3.05) is 7.11 Å². The SMILES string of the molecule is CCc1ccc(N=C2NC(=O)/C(=C/c3cc(OC)c(OCc4cccc(C)c4)cc3Br)S2)cc1. The fraction of sp³-hybridized carbons (Fsp3) is 0.185. The maximum atomic E-state index is 12.5. The molecule has 7 heteroatoms. The summed E-state index contributed by atoms with van der Waals surface area (Å²) in [6.07, 6.45) is 2.79. The van der Waals surface area contributed by atoms with Gasteiger partial charge in [0.25, 0.3) is 5.91 Å². The lowest BCUT2D eigenvalue weighted by atomic mass is 10.1. The molecule has 1 saturated heterocycles. The molecule has 34 heavy (non-hydrogen) atoms. The average molecular weight is 537 g/mol. The summed E-state index contributed by atoms with van der Waals surface area (Å²) in [4.78, 5) is 17.7. The van der Waals surface area contributed by atoms with Gasteiger partial charge in [0, 0.05) is 4.47 Å². The van der Waals surface area contributed by atoms with Crippen LogP contribution in [0, 0.1) is 6.92 Å². The first-order valence-corrected chi connectivity index (χ1v) is 12.5. The van der Waals surface area contributed by atoms with Gasteiger partial charge in [-0.3, -0.25) is 4.79 Å². The monoisotopic (exact) mass is 536 g/mol. The number of ether oxygens (including phenoxy) is 2. The van der Waals surface area contributed by atoms with Gasteiger partial charge in [-0.15, -0.1) is 0 Å². The van der Waals surface area contributed by atoms with E-state index >= 15 is 0 Å². The number of nitrogens with one attached hydrogen (secondary N) is 1. The van der Waals surface area contributed by atoms with Gasteiger partial charge in [-0.05, 0) is 72.1 Å². The summed E-state index contributed by atoms with van der Waals surface area (Å²) >= 11 is 4.92. The predicted octanol–water partition coefficient (Wildman–Crippen LogP) is 6.80. The van der Waals surface area contributed by atoms with Crippen molar-refractivity contribution in [3.05, 3.63) is 92.3 Å². The van der Waals surface area contributed by atoms with E-state index in [-0.39, 0.29) is 5.91 Å². The second kappa shape index (κ2) is 10.9. The molecule has 3 aromatic rings. The van der Waals surface area contributed by atoms with Gasteiger partial charge in [0.2, 0.25) is 0 Å². The Bertz CT molecular complexity index is 1270. The first-order valence-electron chi connectivity index (χ1n) is 10.9. The number of thioether (sulfide) groups is 1. The Kier molecular flexibility index (Phi) is 7.75. The number of hydrogen-bond acceptors (Lipinski definition) is 5. The topological polar surface area (TPSA) is 59.9 Å². The van der Waals surface area contributed by atoms with E-state index in [0.717, 1.165) is 27.7 Å². The number of benzene rings is 3. The van der Waals surface area contributed by atoms with Crippen LogP contribution in [0.2, 0.25) is 0 Å². The van der Waals surface area contributed by atoms with Crippen LogP contribution >= 0.6 is 27.7 Å². The zero-order valence-electron chi connectivity index (χ0n) is 19.2. The fourth-order valence-electron chi connectivity index (χ4n) is 3.44. The number of hydrogen-bond donors (Lipinski definition) is 1. The molecule has 0 aliphatic carbocycles. The molecule has 1 heterocycles. The first-order chi connectivity index (χ1) is 16.4. The van der Waals surface area contributed by atoms with E-state index in [4.69, 9.17) is 9.47 Å². The minimum atomic E-state index is -0.181. The van der Waals surface area contributed by atoms with Crippen molar-refractivity contribution in [3.63, 3.8) is 0 Å². The minimum absolute atomic E-state index is 0.181. The summed E-state index contributed by atoms with van der Waals surface area (Å²) in [6.45, 7) is 4.60. The van der Waals surface area contributed by atoms with Gasteiger partial charge in [-0.1, -0.05) is 64.8 Å². The number of rotatable bonds is 7. The lowest BCUT2D eigenvalue weighted by Gasteiger charge is -2.13. The molecule has 0 aromatic heterocycles. The third-order valence-electron chi connectivity index (χ3n) is 5.27. The van der Waals surface area contributed by atoms with Crippen molar-refractivity contribution in [1.82, 2.24) is 5.32 Å². The van der Waals surface area contributed by atoms with E-state index in [1.807, 2.05) is 54.6 Å². The number of amides is 1. The zero-order chi connectivity index (χ0) is 24.1. The normalized spacial score (nSPS) is 15.6. The fourth-order valence-corrected chi connectivity index (χ4v) is 4.71. The van der Waals surface area contributed by atoms with Gasteiger partial charge in [0.1, 0.15) is 6.61 Å². The highest BCUT2D eigenvalue weighted by Crippen LogP contribution is 2.37. The lowest BCUT2D eigenvalue weighted by Crippen LogP contribution is -2.19. The summed E-state index contributed by atoms with van der Waals surface area (Å²) in [5.74, 6) is 1.04. The second-order valence-electron chi connectivity index (χ2n) is 7.80.